The minimum atomic E-state index is -3.46. The van der Waals surface area contributed by atoms with E-state index in [0.717, 1.165) is 16.1 Å². The van der Waals surface area contributed by atoms with Crippen LogP contribution in [0.3, 0.4) is 0 Å². The summed E-state index contributed by atoms with van der Waals surface area (Å²) in [5.41, 5.74) is 1.78. The Morgan fingerprint density at radius 2 is 1.91 bits per heavy atom. The number of nitrogens with zero attached hydrogens (tertiary/aromatic N) is 3. The van der Waals surface area contributed by atoms with Crippen LogP contribution in [0.1, 0.15) is 10.4 Å². The number of aryl methyl sites for hydroxylation is 1. The van der Waals surface area contributed by atoms with Crippen molar-refractivity contribution in [3.8, 4) is 5.69 Å². The van der Waals surface area contributed by atoms with E-state index >= 15 is 0 Å². The van der Waals surface area contributed by atoms with Crippen molar-refractivity contribution < 1.29 is 8.42 Å². The lowest BCUT2D eigenvalue weighted by molar-refractivity contribution is 0.468. The monoisotopic (exact) mass is 347 g/mol. The lowest BCUT2D eigenvalue weighted by Gasteiger charge is -2.14. The summed E-state index contributed by atoms with van der Waals surface area (Å²) in [7, 11) is -1.87. The molecular weight excluding hydrogens is 330 g/mol. The van der Waals surface area contributed by atoms with Crippen LogP contribution in [-0.4, -0.2) is 29.6 Å². The van der Waals surface area contributed by atoms with Crippen LogP contribution in [0.15, 0.2) is 59.1 Å². The fraction of sp³-hybridized carbons (Fsp3) is 0.188. The van der Waals surface area contributed by atoms with Crippen molar-refractivity contribution in [3.63, 3.8) is 0 Å². The maximum absolute atomic E-state index is 12.5. The number of sulfonamides is 1. The average Bonchev–Trinajstić information content (AvgIpc) is 3.17. The molecule has 0 fully saturated rings. The Hall–Kier alpha value is -1.96. The zero-order valence-corrected chi connectivity index (χ0v) is 14.5. The summed E-state index contributed by atoms with van der Waals surface area (Å²) in [6.45, 7) is 2.18. The second-order valence-corrected chi connectivity index (χ2v) is 8.81. The molecule has 0 bridgehead atoms. The van der Waals surface area contributed by atoms with Crippen LogP contribution in [0.4, 0.5) is 0 Å². The highest BCUT2D eigenvalue weighted by molar-refractivity contribution is 7.91. The van der Waals surface area contributed by atoms with E-state index in [-0.39, 0.29) is 6.54 Å². The van der Waals surface area contributed by atoms with Gasteiger partial charge in [-0.25, -0.2) is 13.1 Å². The number of benzene rings is 1. The molecule has 0 atom stereocenters. The van der Waals surface area contributed by atoms with E-state index in [2.05, 4.69) is 5.10 Å². The summed E-state index contributed by atoms with van der Waals surface area (Å²) in [5, 5.41) is 4.30. The predicted molar refractivity (Wildman–Crippen MR) is 91.3 cm³/mol. The topological polar surface area (TPSA) is 55.2 Å². The number of thiophene rings is 1. The van der Waals surface area contributed by atoms with Gasteiger partial charge in [-0.15, -0.1) is 11.3 Å². The summed E-state index contributed by atoms with van der Waals surface area (Å²) >= 11 is 1.29. The van der Waals surface area contributed by atoms with E-state index < -0.39 is 10.0 Å². The summed E-state index contributed by atoms with van der Waals surface area (Å²) in [6.07, 6.45) is 3.54. The van der Waals surface area contributed by atoms with Gasteiger partial charge < -0.3 is 0 Å². The molecule has 7 heteroatoms. The molecule has 0 amide bonds. The molecule has 0 radical (unpaired) electrons. The van der Waals surface area contributed by atoms with Gasteiger partial charge in [0.25, 0.3) is 10.0 Å². The molecular formula is C16H17N3O2S2. The van der Waals surface area contributed by atoms with Crippen LogP contribution in [0.2, 0.25) is 0 Å². The first-order valence-electron chi connectivity index (χ1n) is 7.08. The summed E-state index contributed by atoms with van der Waals surface area (Å²) in [4.78, 5) is 0.980. The molecule has 0 saturated carbocycles. The van der Waals surface area contributed by atoms with Crippen LogP contribution < -0.4 is 0 Å². The average molecular weight is 347 g/mol. The normalized spacial score (nSPS) is 12.0. The Bertz CT molecular complexity index is 898. The molecule has 2 heterocycles. The number of aromatic nitrogens is 2. The first kappa shape index (κ1) is 15.9. The van der Waals surface area contributed by atoms with Gasteiger partial charge in [0, 0.05) is 30.2 Å². The number of para-hydroxylation sites is 1. The Morgan fingerprint density at radius 1 is 1.17 bits per heavy atom. The van der Waals surface area contributed by atoms with Crippen molar-refractivity contribution in [2.24, 2.45) is 0 Å². The molecule has 23 heavy (non-hydrogen) atoms. The van der Waals surface area contributed by atoms with Crippen LogP contribution >= 0.6 is 11.3 Å². The molecule has 0 N–H and O–H groups in total. The molecule has 0 spiro atoms. The van der Waals surface area contributed by atoms with E-state index in [1.807, 2.05) is 49.5 Å². The Morgan fingerprint density at radius 3 is 2.57 bits per heavy atom. The fourth-order valence-electron chi connectivity index (χ4n) is 2.21. The van der Waals surface area contributed by atoms with Crippen LogP contribution in [0, 0.1) is 6.92 Å². The van der Waals surface area contributed by atoms with Gasteiger partial charge in [-0.3, -0.25) is 0 Å². The van der Waals surface area contributed by atoms with Crippen molar-refractivity contribution in [3.05, 3.63) is 65.3 Å². The molecule has 0 aliphatic rings. The summed E-state index contributed by atoms with van der Waals surface area (Å²) in [5.74, 6) is 0. The highest BCUT2D eigenvalue weighted by Gasteiger charge is 2.23. The Labute approximate surface area is 139 Å². The van der Waals surface area contributed by atoms with Crippen molar-refractivity contribution in [1.29, 1.82) is 0 Å². The molecule has 0 aliphatic carbocycles. The highest BCUT2D eigenvalue weighted by Crippen LogP contribution is 2.24. The molecule has 3 aromatic rings. The van der Waals surface area contributed by atoms with E-state index in [0.29, 0.717) is 4.21 Å². The van der Waals surface area contributed by atoms with Gasteiger partial charge in [0.05, 0.1) is 11.9 Å². The first-order chi connectivity index (χ1) is 11.0. The molecule has 2 aromatic heterocycles. The zero-order valence-electron chi connectivity index (χ0n) is 12.9. The number of hydrogen-bond donors (Lipinski definition) is 0. The van der Waals surface area contributed by atoms with Gasteiger partial charge in [-0.1, -0.05) is 18.2 Å². The third kappa shape index (κ3) is 3.36. The molecule has 1 aromatic carbocycles. The lowest BCUT2D eigenvalue weighted by atomic mass is 10.3. The van der Waals surface area contributed by atoms with E-state index in [1.165, 1.54) is 15.6 Å². The first-order valence-corrected chi connectivity index (χ1v) is 9.34. The summed E-state index contributed by atoms with van der Waals surface area (Å²) in [6, 6.07) is 13.2. The Balaban J connectivity index is 1.78. The van der Waals surface area contributed by atoms with Crippen molar-refractivity contribution in [2.45, 2.75) is 17.7 Å². The predicted octanol–water partition coefficient (Wildman–Crippen LogP) is 3.06. The third-order valence-corrected chi connectivity index (χ3v) is 6.71. The molecule has 0 unspecified atom stereocenters. The summed E-state index contributed by atoms with van der Waals surface area (Å²) < 4.78 is 28.5. The highest BCUT2D eigenvalue weighted by atomic mass is 32.2. The number of rotatable bonds is 5. The molecule has 0 saturated heterocycles. The zero-order chi connectivity index (χ0) is 16.4. The van der Waals surface area contributed by atoms with Crippen molar-refractivity contribution in [2.75, 3.05) is 7.05 Å². The molecule has 5 nitrogen and oxygen atoms in total. The standard InChI is InChI=1S/C16H17N3O2S2/c1-13-8-9-16(22-13)23(20,21)18(2)11-14-10-17-19(12-14)15-6-4-3-5-7-15/h3-10,12H,11H2,1-2H3. The molecule has 120 valence electrons. The second kappa shape index (κ2) is 6.27. The molecule has 0 aliphatic heterocycles. The van der Waals surface area contributed by atoms with E-state index in [9.17, 15) is 8.42 Å². The Kier molecular flexibility index (Phi) is 4.34. The largest absolute Gasteiger partial charge is 0.252 e. The second-order valence-electron chi connectivity index (χ2n) is 5.25. The van der Waals surface area contributed by atoms with E-state index in [1.54, 1.807) is 24.0 Å². The SMILES string of the molecule is Cc1ccc(S(=O)(=O)N(C)Cc2cnn(-c3ccccc3)c2)s1. The van der Waals surface area contributed by atoms with Crippen molar-refractivity contribution >= 4 is 21.4 Å². The smallest absolute Gasteiger partial charge is 0.241 e. The fourth-order valence-corrected chi connectivity index (χ4v) is 4.86. The minimum Gasteiger partial charge on any atom is -0.241 e. The maximum atomic E-state index is 12.5. The van der Waals surface area contributed by atoms with Gasteiger partial charge in [0.2, 0.25) is 0 Å². The van der Waals surface area contributed by atoms with E-state index in [4.69, 9.17) is 0 Å². The molecule has 3 rings (SSSR count). The third-order valence-electron chi connectivity index (χ3n) is 3.44. The van der Waals surface area contributed by atoms with Gasteiger partial charge >= 0.3 is 0 Å². The van der Waals surface area contributed by atoms with Gasteiger partial charge in [-0.2, -0.15) is 9.40 Å². The van der Waals surface area contributed by atoms with Gasteiger partial charge in [0.15, 0.2) is 0 Å². The van der Waals surface area contributed by atoms with Gasteiger partial charge in [-0.05, 0) is 31.2 Å². The lowest BCUT2D eigenvalue weighted by Crippen LogP contribution is -2.25. The minimum absolute atomic E-state index is 0.284. The quantitative estimate of drug-likeness (QED) is 0.713. The van der Waals surface area contributed by atoms with Crippen LogP contribution in [-0.2, 0) is 16.6 Å². The van der Waals surface area contributed by atoms with Crippen LogP contribution in [0.25, 0.3) is 5.69 Å². The maximum Gasteiger partial charge on any atom is 0.252 e. The van der Waals surface area contributed by atoms with Crippen molar-refractivity contribution in [1.82, 2.24) is 14.1 Å². The van der Waals surface area contributed by atoms with Gasteiger partial charge in [0.1, 0.15) is 4.21 Å². The van der Waals surface area contributed by atoms with Crippen LogP contribution in [0.5, 0.6) is 0 Å². The number of hydrogen-bond acceptors (Lipinski definition) is 4.